The van der Waals surface area contributed by atoms with E-state index in [1.54, 1.807) is 6.07 Å². The number of nitrogens with one attached hydrogen (secondary N) is 1. The molecule has 0 radical (unpaired) electrons. The van der Waals surface area contributed by atoms with Crippen LogP contribution in [-0.2, 0) is 4.79 Å². The summed E-state index contributed by atoms with van der Waals surface area (Å²) in [6.45, 7) is 7.01. The second kappa shape index (κ2) is 9.59. The molecule has 0 atom stereocenters. The Balaban J connectivity index is 1.39. The summed E-state index contributed by atoms with van der Waals surface area (Å²) in [7, 11) is 0. The predicted molar refractivity (Wildman–Crippen MR) is 118 cm³/mol. The van der Waals surface area contributed by atoms with Gasteiger partial charge in [0.1, 0.15) is 0 Å². The lowest BCUT2D eigenvalue weighted by Gasteiger charge is -2.18. The molecule has 0 bridgehead atoms. The van der Waals surface area contributed by atoms with Crippen molar-refractivity contribution < 1.29 is 14.3 Å². The van der Waals surface area contributed by atoms with Gasteiger partial charge in [0.2, 0.25) is 11.9 Å². The van der Waals surface area contributed by atoms with Crippen molar-refractivity contribution >= 4 is 29.3 Å². The Labute approximate surface area is 181 Å². The molecule has 9 heteroatoms. The van der Waals surface area contributed by atoms with E-state index in [4.69, 9.17) is 9.47 Å². The van der Waals surface area contributed by atoms with E-state index in [0.29, 0.717) is 36.4 Å². The molecule has 2 aliphatic rings. The van der Waals surface area contributed by atoms with Crippen LogP contribution in [0, 0.1) is 0 Å². The highest BCUT2D eigenvalue weighted by Gasteiger charge is 2.32. The van der Waals surface area contributed by atoms with Gasteiger partial charge in [0, 0.05) is 30.9 Å². The molecule has 4 rings (SSSR count). The molecule has 1 N–H and O–H groups in total. The number of hydrogen-bond donors (Lipinski definition) is 1. The SMILES string of the molecule is CCOc1ccc(NC(=O)CSc2nnc(N3CCCC3)n2C2CC2)cc1OCC. The molecule has 1 aromatic carbocycles. The lowest BCUT2D eigenvalue weighted by Crippen LogP contribution is -2.22. The fourth-order valence-electron chi connectivity index (χ4n) is 3.61. The molecule has 8 nitrogen and oxygen atoms in total. The van der Waals surface area contributed by atoms with Crippen molar-refractivity contribution in [1.29, 1.82) is 0 Å². The largest absolute Gasteiger partial charge is 0.490 e. The Morgan fingerprint density at radius 3 is 2.57 bits per heavy atom. The number of aromatic nitrogens is 3. The van der Waals surface area contributed by atoms with Crippen molar-refractivity contribution in [2.24, 2.45) is 0 Å². The van der Waals surface area contributed by atoms with Crippen molar-refractivity contribution in [3.63, 3.8) is 0 Å². The zero-order valence-corrected chi connectivity index (χ0v) is 18.4. The van der Waals surface area contributed by atoms with Gasteiger partial charge in [-0.15, -0.1) is 10.2 Å². The molecule has 1 amide bonds. The predicted octanol–water partition coefficient (Wildman–Crippen LogP) is 3.74. The summed E-state index contributed by atoms with van der Waals surface area (Å²) in [5.41, 5.74) is 0.689. The van der Waals surface area contributed by atoms with E-state index in [1.807, 2.05) is 26.0 Å². The van der Waals surface area contributed by atoms with Crippen LogP contribution in [-0.4, -0.2) is 52.7 Å². The maximum atomic E-state index is 12.6. The van der Waals surface area contributed by atoms with E-state index in [0.717, 1.165) is 37.0 Å². The zero-order valence-electron chi connectivity index (χ0n) is 17.6. The second-order valence-corrected chi connectivity index (χ2v) is 8.38. The molecule has 0 unspecified atom stereocenters. The van der Waals surface area contributed by atoms with Gasteiger partial charge in [-0.05, 0) is 51.7 Å². The summed E-state index contributed by atoms with van der Waals surface area (Å²) in [6, 6.07) is 5.92. The Bertz CT molecular complexity index is 878. The molecule has 2 heterocycles. The Hall–Kier alpha value is -2.42. The number of hydrogen-bond acceptors (Lipinski definition) is 7. The van der Waals surface area contributed by atoms with E-state index in [1.165, 1.54) is 24.6 Å². The molecule has 2 aromatic rings. The normalized spacial score (nSPS) is 16.0. The van der Waals surface area contributed by atoms with Gasteiger partial charge in [-0.2, -0.15) is 0 Å². The highest BCUT2D eigenvalue weighted by atomic mass is 32.2. The van der Waals surface area contributed by atoms with Crippen LogP contribution in [0.5, 0.6) is 11.5 Å². The molecule has 1 aliphatic heterocycles. The second-order valence-electron chi connectivity index (χ2n) is 7.44. The van der Waals surface area contributed by atoms with Crippen LogP contribution in [0.4, 0.5) is 11.6 Å². The van der Waals surface area contributed by atoms with Crippen LogP contribution < -0.4 is 19.7 Å². The Morgan fingerprint density at radius 2 is 1.87 bits per heavy atom. The monoisotopic (exact) mass is 431 g/mol. The third kappa shape index (κ3) is 4.83. The first-order valence-electron chi connectivity index (χ1n) is 10.7. The number of carbonyl (C=O) groups is 1. The standard InChI is InChI=1S/C21H29N5O3S/c1-3-28-17-10-7-15(13-18(17)29-4-2)22-19(27)14-30-21-24-23-20(25-11-5-6-12-25)26(21)16-8-9-16/h7,10,13,16H,3-6,8-9,11-12,14H2,1-2H3,(H,22,27). The van der Waals surface area contributed by atoms with Gasteiger partial charge in [-0.3, -0.25) is 9.36 Å². The van der Waals surface area contributed by atoms with E-state index in [-0.39, 0.29) is 11.7 Å². The van der Waals surface area contributed by atoms with E-state index in [2.05, 4.69) is 25.0 Å². The van der Waals surface area contributed by atoms with Gasteiger partial charge in [-0.25, -0.2) is 0 Å². The molecule has 1 aliphatic carbocycles. The molecule has 30 heavy (non-hydrogen) atoms. The van der Waals surface area contributed by atoms with Crippen LogP contribution in [0.25, 0.3) is 0 Å². The number of carbonyl (C=O) groups excluding carboxylic acids is 1. The summed E-state index contributed by atoms with van der Waals surface area (Å²) in [6.07, 6.45) is 4.72. The summed E-state index contributed by atoms with van der Waals surface area (Å²) in [5.74, 6) is 2.47. The molecular formula is C21H29N5O3S. The van der Waals surface area contributed by atoms with Crippen LogP contribution in [0.15, 0.2) is 23.4 Å². The quantitative estimate of drug-likeness (QED) is 0.574. The number of ether oxygens (including phenoxy) is 2. The minimum Gasteiger partial charge on any atom is -0.490 e. The average Bonchev–Trinajstić information content (AvgIpc) is 3.25. The third-order valence-electron chi connectivity index (χ3n) is 5.11. The van der Waals surface area contributed by atoms with Crippen molar-refractivity contribution in [1.82, 2.24) is 14.8 Å². The van der Waals surface area contributed by atoms with Crippen molar-refractivity contribution in [2.45, 2.75) is 50.7 Å². The van der Waals surface area contributed by atoms with Gasteiger partial charge in [0.15, 0.2) is 16.7 Å². The van der Waals surface area contributed by atoms with E-state index >= 15 is 0 Å². The first-order valence-corrected chi connectivity index (χ1v) is 11.7. The topological polar surface area (TPSA) is 81.5 Å². The highest BCUT2D eigenvalue weighted by molar-refractivity contribution is 7.99. The Morgan fingerprint density at radius 1 is 1.13 bits per heavy atom. The number of amides is 1. The van der Waals surface area contributed by atoms with Crippen molar-refractivity contribution in [2.75, 3.05) is 42.3 Å². The number of thioether (sulfide) groups is 1. The number of rotatable bonds is 10. The Kier molecular flexibility index (Phi) is 6.66. The molecular weight excluding hydrogens is 402 g/mol. The van der Waals surface area contributed by atoms with Gasteiger partial charge in [0.25, 0.3) is 0 Å². The maximum absolute atomic E-state index is 12.6. The molecule has 2 fully saturated rings. The number of anilines is 2. The third-order valence-corrected chi connectivity index (χ3v) is 6.05. The first kappa shape index (κ1) is 20.8. The first-order chi connectivity index (χ1) is 14.7. The van der Waals surface area contributed by atoms with Crippen LogP contribution >= 0.6 is 11.8 Å². The molecule has 1 saturated heterocycles. The van der Waals surface area contributed by atoms with Crippen molar-refractivity contribution in [3.05, 3.63) is 18.2 Å². The molecule has 1 aromatic heterocycles. The van der Waals surface area contributed by atoms with Gasteiger partial charge in [0.05, 0.1) is 19.0 Å². The summed E-state index contributed by atoms with van der Waals surface area (Å²) < 4.78 is 13.4. The van der Waals surface area contributed by atoms with E-state index < -0.39 is 0 Å². The number of nitrogens with zero attached hydrogens (tertiary/aromatic N) is 4. The molecule has 162 valence electrons. The average molecular weight is 432 g/mol. The van der Waals surface area contributed by atoms with Gasteiger partial charge in [-0.1, -0.05) is 11.8 Å². The lowest BCUT2D eigenvalue weighted by molar-refractivity contribution is -0.113. The smallest absolute Gasteiger partial charge is 0.234 e. The van der Waals surface area contributed by atoms with Gasteiger partial charge < -0.3 is 19.7 Å². The van der Waals surface area contributed by atoms with E-state index in [9.17, 15) is 4.79 Å². The fraction of sp³-hybridized carbons (Fsp3) is 0.571. The van der Waals surface area contributed by atoms with Crippen LogP contribution in [0.1, 0.15) is 45.6 Å². The highest BCUT2D eigenvalue weighted by Crippen LogP contribution is 2.41. The number of benzene rings is 1. The molecule has 1 saturated carbocycles. The fourth-order valence-corrected chi connectivity index (χ4v) is 4.41. The lowest BCUT2D eigenvalue weighted by atomic mass is 10.2. The zero-order chi connectivity index (χ0) is 20.9. The molecule has 0 spiro atoms. The van der Waals surface area contributed by atoms with Gasteiger partial charge >= 0.3 is 0 Å². The maximum Gasteiger partial charge on any atom is 0.234 e. The van der Waals surface area contributed by atoms with Crippen molar-refractivity contribution in [3.8, 4) is 11.5 Å². The van der Waals surface area contributed by atoms with Crippen LogP contribution in [0.3, 0.4) is 0 Å². The minimum atomic E-state index is -0.0836. The van der Waals surface area contributed by atoms with Crippen LogP contribution in [0.2, 0.25) is 0 Å². The minimum absolute atomic E-state index is 0.0836. The summed E-state index contributed by atoms with van der Waals surface area (Å²) in [5, 5.41) is 12.6. The summed E-state index contributed by atoms with van der Waals surface area (Å²) in [4.78, 5) is 14.9. The summed E-state index contributed by atoms with van der Waals surface area (Å²) >= 11 is 1.44.